The maximum atomic E-state index is 13.5. The number of ketones is 1. The molecule has 8 heteroatoms. The molecule has 0 bridgehead atoms. The van der Waals surface area contributed by atoms with Crippen LogP contribution < -0.4 is 23.7 Å². The van der Waals surface area contributed by atoms with Crippen LogP contribution in [0, 0.1) is 0 Å². The number of Topliss-reactive ketones (excluding diaryl/α,β-unsaturated/α-hetero) is 1. The fourth-order valence-electron chi connectivity index (χ4n) is 5.07. The fourth-order valence-corrected chi connectivity index (χ4v) is 5.07. The van der Waals surface area contributed by atoms with E-state index in [2.05, 4.69) is 4.98 Å². The van der Waals surface area contributed by atoms with Gasteiger partial charge in [0.15, 0.2) is 17.3 Å². The number of carbonyl (C=O) groups excluding carboxylic acids is 2. The molecular formula is C32H25NO7. The molecule has 6 rings (SSSR count). The van der Waals surface area contributed by atoms with E-state index in [1.54, 1.807) is 43.6 Å². The molecule has 3 heterocycles. The van der Waals surface area contributed by atoms with E-state index >= 15 is 0 Å². The quantitative estimate of drug-likeness (QED) is 0.168. The smallest absolute Gasteiger partial charge is 0.312 e. The zero-order chi connectivity index (χ0) is 27.6. The number of benzene rings is 3. The van der Waals surface area contributed by atoms with Crippen LogP contribution in [0.1, 0.15) is 45.1 Å². The fraction of sp³-hybridized carbons (Fsp3) is 0.156. The lowest BCUT2D eigenvalue weighted by Crippen LogP contribution is -2.22. The summed E-state index contributed by atoms with van der Waals surface area (Å²) >= 11 is 0. The summed E-state index contributed by atoms with van der Waals surface area (Å²) in [5.74, 6) is 1.37. The molecule has 1 unspecified atom stereocenters. The summed E-state index contributed by atoms with van der Waals surface area (Å²) in [6.07, 6.45) is 3.40. The minimum atomic E-state index is -0.454. The van der Waals surface area contributed by atoms with Gasteiger partial charge in [0.25, 0.3) is 0 Å². The largest absolute Gasteiger partial charge is 0.493 e. The lowest BCUT2D eigenvalue weighted by atomic mass is 9.84. The van der Waals surface area contributed by atoms with E-state index in [1.807, 2.05) is 48.5 Å². The molecule has 0 aliphatic carbocycles. The molecule has 3 aromatic carbocycles. The second-order valence-electron chi connectivity index (χ2n) is 9.25. The van der Waals surface area contributed by atoms with Crippen LogP contribution in [0.5, 0.6) is 28.7 Å². The second kappa shape index (κ2) is 10.6. The normalized spacial score (nSPS) is 16.6. The Kier molecular flexibility index (Phi) is 6.66. The number of allylic oxidation sites excluding steroid dienone is 1. The third-order valence-corrected chi connectivity index (χ3v) is 6.90. The first-order chi connectivity index (χ1) is 19.6. The molecule has 4 aromatic rings. The van der Waals surface area contributed by atoms with Gasteiger partial charge in [-0.15, -0.1) is 0 Å². The number of nitrogens with zero attached hydrogens (tertiary/aromatic N) is 1. The van der Waals surface area contributed by atoms with Gasteiger partial charge in [-0.2, -0.15) is 0 Å². The topological polar surface area (TPSA) is 93.2 Å². The third-order valence-electron chi connectivity index (χ3n) is 6.90. The zero-order valence-corrected chi connectivity index (χ0v) is 21.9. The van der Waals surface area contributed by atoms with Gasteiger partial charge in [-0.25, -0.2) is 0 Å². The molecule has 0 radical (unpaired) electrons. The zero-order valence-electron chi connectivity index (χ0n) is 21.9. The van der Waals surface area contributed by atoms with Crippen molar-refractivity contribution in [2.75, 3.05) is 14.2 Å². The monoisotopic (exact) mass is 535 g/mol. The number of para-hydroxylation sites is 2. The molecule has 40 heavy (non-hydrogen) atoms. The highest BCUT2D eigenvalue weighted by atomic mass is 16.5. The number of hydrogen-bond donors (Lipinski definition) is 0. The molecule has 0 saturated carbocycles. The lowest BCUT2D eigenvalue weighted by Gasteiger charge is -2.27. The number of fused-ring (bicyclic) bond motifs is 3. The van der Waals surface area contributed by atoms with Crippen molar-refractivity contribution in [3.63, 3.8) is 0 Å². The van der Waals surface area contributed by atoms with Crippen LogP contribution in [-0.4, -0.2) is 31.0 Å². The predicted molar refractivity (Wildman–Crippen MR) is 146 cm³/mol. The van der Waals surface area contributed by atoms with E-state index in [1.165, 1.54) is 7.11 Å². The molecule has 1 atom stereocenters. The van der Waals surface area contributed by atoms with Crippen LogP contribution in [0.15, 0.2) is 84.8 Å². The highest BCUT2D eigenvalue weighted by molar-refractivity contribution is 6.15. The average molecular weight is 536 g/mol. The van der Waals surface area contributed by atoms with Crippen LogP contribution in [0.25, 0.3) is 6.08 Å². The molecular weight excluding hydrogens is 510 g/mol. The number of ether oxygens (including phenoxy) is 5. The van der Waals surface area contributed by atoms with E-state index < -0.39 is 5.92 Å². The van der Waals surface area contributed by atoms with E-state index in [0.717, 1.165) is 11.3 Å². The van der Waals surface area contributed by atoms with Crippen molar-refractivity contribution >= 4 is 17.8 Å². The van der Waals surface area contributed by atoms with Crippen LogP contribution >= 0.6 is 0 Å². The minimum absolute atomic E-state index is 0.0632. The molecule has 2 aliphatic heterocycles. The average Bonchev–Trinajstić information content (AvgIpc) is 3.30. The molecule has 0 spiro atoms. The van der Waals surface area contributed by atoms with Gasteiger partial charge in [0.1, 0.15) is 23.9 Å². The summed E-state index contributed by atoms with van der Waals surface area (Å²) in [4.78, 5) is 30.5. The van der Waals surface area contributed by atoms with Crippen LogP contribution in [0.4, 0.5) is 0 Å². The summed E-state index contributed by atoms with van der Waals surface area (Å²) in [5.41, 5.74) is 3.20. The SMILES string of the molecule is COc1cccc(/C=C2\Oc3c(ccc4c3C(c3ccccc3OCc3ccccn3)CC(=O)O4)C2=O)c1OC. The van der Waals surface area contributed by atoms with Gasteiger partial charge in [0, 0.05) is 28.8 Å². The van der Waals surface area contributed by atoms with Crippen molar-refractivity contribution in [1.29, 1.82) is 0 Å². The van der Waals surface area contributed by atoms with E-state index in [0.29, 0.717) is 45.4 Å². The molecule has 0 fully saturated rings. The highest BCUT2D eigenvalue weighted by Gasteiger charge is 2.39. The van der Waals surface area contributed by atoms with Crippen LogP contribution in [0.3, 0.4) is 0 Å². The van der Waals surface area contributed by atoms with Crippen molar-refractivity contribution in [3.8, 4) is 28.7 Å². The van der Waals surface area contributed by atoms with Gasteiger partial charge in [-0.05, 0) is 42.5 Å². The maximum Gasteiger partial charge on any atom is 0.312 e. The summed E-state index contributed by atoms with van der Waals surface area (Å²) in [6.45, 7) is 0.263. The first-order valence-electron chi connectivity index (χ1n) is 12.7. The van der Waals surface area contributed by atoms with Crippen molar-refractivity contribution in [2.24, 2.45) is 0 Å². The third kappa shape index (κ3) is 4.53. The maximum absolute atomic E-state index is 13.5. The molecule has 0 saturated heterocycles. The van der Waals surface area contributed by atoms with Crippen LogP contribution in [0.2, 0.25) is 0 Å². The van der Waals surface area contributed by atoms with Crippen molar-refractivity contribution < 1.29 is 33.3 Å². The Morgan fingerprint density at radius 2 is 1.73 bits per heavy atom. The molecule has 8 nitrogen and oxygen atoms in total. The molecule has 200 valence electrons. The second-order valence-corrected chi connectivity index (χ2v) is 9.25. The number of carbonyl (C=O) groups is 2. The summed E-state index contributed by atoms with van der Waals surface area (Å²) in [5, 5.41) is 0. The van der Waals surface area contributed by atoms with Crippen molar-refractivity contribution in [1.82, 2.24) is 4.98 Å². The Morgan fingerprint density at radius 1 is 0.900 bits per heavy atom. The number of hydrogen-bond acceptors (Lipinski definition) is 8. The number of pyridine rings is 1. The Bertz CT molecular complexity index is 1640. The molecule has 2 aliphatic rings. The Morgan fingerprint density at radius 3 is 2.52 bits per heavy atom. The Hall–Kier alpha value is -5.11. The number of esters is 1. The van der Waals surface area contributed by atoms with Gasteiger partial charge in [-0.1, -0.05) is 36.4 Å². The summed E-state index contributed by atoms with van der Waals surface area (Å²) in [7, 11) is 3.09. The lowest BCUT2D eigenvalue weighted by molar-refractivity contribution is -0.135. The minimum Gasteiger partial charge on any atom is -0.493 e. The number of methoxy groups -OCH3 is 2. The predicted octanol–water partition coefficient (Wildman–Crippen LogP) is 5.74. The van der Waals surface area contributed by atoms with Crippen molar-refractivity contribution in [3.05, 3.63) is 113 Å². The van der Waals surface area contributed by atoms with Gasteiger partial charge in [0.2, 0.25) is 5.78 Å². The number of rotatable bonds is 7. The first-order valence-corrected chi connectivity index (χ1v) is 12.7. The van der Waals surface area contributed by atoms with E-state index in [9.17, 15) is 9.59 Å². The van der Waals surface area contributed by atoms with Gasteiger partial charge in [0.05, 0.1) is 31.9 Å². The number of aromatic nitrogens is 1. The van der Waals surface area contributed by atoms with Crippen LogP contribution in [-0.2, 0) is 11.4 Å². The van der Waals surface area contributed by atoms with Gasteiger partial charge in [-0.3, -0.25) is 14.6 Å². The summed E-state index contributed by atoms with van der Waals surface area (Å²) < 4.78 is 28.9. The van der Waals surface area contributed by atoms with E-state index in [-0.39, 0.29) is 30.5 Å². The first kappa shape index (κ1) is 25.2. The molecule has 1 aromatic heterocycles. The Labute approximate surface area is 230 Å². The highest BCUT2D eigenvalue weighted by Crippen LogP contribution is 2.50. The van der Waals surface area contributed by atoms with Gasteiger partial charge < -0.3 is 23.7 Å². The van der Waals surface area contributed by atoms with E-state index in [4.69, 9.17) is 23.7 Å². The Balaban J connectivity index is 1.40. The summed E-state index contributed by atoms with van der Waals surface area (Å²) in [6, 6.07) is 21.8. The van der Waals surface area contributed by atoms with Gasteiger partial charge >= 0.3 is 5.97 Å². The standard InChI is InChI=1S/C32H25NO7/c1-36-26-12-7-8-19(31(26)37-2)16-27-30(35)22-13-14-25-29(32(22)40-27)23(17-28(34)39-25)21-10-3-4-11-24(21)38-18-20-9-5-6-15-33-20/h3-16,23H,17-18H2,1-2H3/b27-16-. The molecule has 0 N–H and O–H groups in total. The van der Waals surface area contributed by atoms with Crippen molar-refractivity contribution in [2.45, 2.75) is 18.9 Å². The molecule has 0 amide bonds.